The van der Waals surface area contributed by atoms with Crippen molar-refractivity contribution in [3.63, 3.8) is 0 Å². The number of halogens is 3. The van der Waals surface area contributed by atoms with Gasteiger partial charge in [0.05, 0.1) is 5.02 Å². The van der Waals surface area contributed by atoms with Crippen molar-refractivity contribution in [2.75, 3.05) is 6.61 Å². The summed E-state index contributed by atoms with van der Waals surface area (Å²) in [6.07, 6.45) is 3.22. The van der Waals surface area contributed by atoms with Crippen LogP contribution in [0.4, 0.5) is 0 Å². The molecule has 0 spiro atoms. The maximum absolute atomic E-state index is 11.3. The molecule has 1 atom stereocenters. The summed E-state index contributed by atoms with van der Waals surface area (Å²) in [6.45, 7) is 1.50. The lowest BCUT2D eigenvalue weighted by Crippen LogP contribution is -2.18. The van der Waals surface area contributed by atoms with Gasteiger partial charge in [0.1, 0.15) is 5.75 Å². The number of carbonyl (C=O) groups is 1. The maximum atomic E-state index is 11.3. The topological polar surface area (TPSA) is 35.5 Å². The molecule has 0 aliphatic heterocycles. The van der Waals surface area contributed by atoms with Crippen molar-refractivity contribution in [3.05, 3.63) is 40.4 Å². The molecule has 0 amide bonds. The first kappa shape index (κ1) is 15.2. The Labute approximate surface area is 120 Å². The van der Waals surface area contributed by atoms with Gasteiger partial charge in [0.2, 0.25) is 0 Å². The van der Waals surface area contributed by atoms with Crippen molar-refractivity contribution < 1.29 is 14.3 Å². The molecule has 18 heavy (non-hydrogen) atoms. The molecule has 0 fully saturated rings. The van der Waals surface area contributed by atoms with Gasteiger partial charge in [-0.25, -0.2) is 4.79 Å². The Morgan fingerprint density at radius 1 is 1.44 bits per heavy atom. The van der Waals surface area contributed by atoms with Gasteiger partial charge in [0, 0.05) is 5.02 Å². The molecule has 0 radical (unpaired) electrons. The van der Waals surface area contributed by atoms with Crippen molar-refractivity contribution in [1.29, 1.82) is 0 Å². The van der Waals surface area contributed by atoms with Crippen molar-refractivity contribution in [3.8, 4) is 5.75 Å². The van der Waals surface area contributed by atoms with E-state index in [-0.39, 0.29) is 6.61 Å². The summed E-state index contributed by atoms with van der Waals surface area (Å²) < 4.78 is 10.0. The summed E-state index contributed by atoms with van der Waals surface area (Å²) in [5.41, 5.74) is -0.799. The number of alkyl halides is 1. The van der Waals surface area contributed by atoms with Gasteiger partial charge in [-0.2, -0.15) is 0 Å². The van der Waals surface area contributed by atoms with E-state index in [1.165, 1.54) is 12.1 Å². The van der Waals surface area contributed by atoms with E-state index in [0.29, 0.717) is 15.8 Å². The Hall–Kier alpha value is -0.900. The molecule has 0 aromatic heterocycles. The van der Waals surface area contributed by atoms with Crippen LogP contribution in [0.15, 0.2) is 30.4 Å². The Kier molecular flexibility index (Phi) is 6.33. The van der Waals surface area contributed by atoms with Crippen LogP contribution in [0.25, 0.3) is 0 Å². The smallest absolute Gasteiger partial charge is 0.345 e. The molecule has 0 saturated heterocycles. The number of hydrogen-bond donors (Lipinski definition) is 0. The van der Waals surface area contributed by atoms with Crippen molar-refractivity contribution in [1.82, 2.24) is 0 Å². The quantitative estimate of drug-likeness (QED) is 0.467. The molecule has 1 unspecified atom stereocenters. The number of hydrogen-bond acceptors (Lipinski definition) is 3. The molecular formula is C12H11Cl3O3. The van der Waals surface area contributed by atoms with E-state index in [4.69, 9.17) is 44.3 Å². The third kappa shape index (κ3) is 5.17. The second-order valence-corrected chi connectivity index (χ2v) is 4.50. The molecular weight excluding hydrogens is 298 g/mol. The van der Waals surface area contributed by atoms with Crippen LogP contribution in [0, 0.1) is 0 Å². The first-order chi connectivity index (χ1) is 8.52. The molecule has 1 rings (SSSR count). The lowest BCUT2D eigenvalue weighted by molar-refractivity contribution is -0.146. The Balaban J connectivity index is 2.47. The van der Waals surface area contributed by atoms with Crippen molar-refractivity contribution >= 4 is 40.8 Å². The number of benzene rings is 1. The van der Waals surface area contributed by atoms with Gasteiger partial charge in [0.25, 0.3) is 0 Å². The third-order valence-electron chi connectivity index (χ3n) is 1.83. The van der Waals surface area contributed by atoms with Crippen molar-refractivity contribution in [2.24, 2.45) is 0 Å². The van der Waals surface area contributed by atoms with E-state index in [9.17, 15) is 4.79 Å². The molecule has 6 heteroatoms. The van der Waals surface area contributed by atoms with E-state index in [0.717, 1.165) is 0 Å². The third-order valence-corrected chi connectivity index (χ3v) is 2.59. The number of ether oxygens (including phenoxy) is 2. The molecule has 98 valence electrons. The van der Waals surface area contributed by atoms with Crippen LogP contribution in [-0.4, -0.2) is 18.1 Å². The average molecular weight is 310 g/mol. The summed E-state index contributed by atoms with van der Waals surface area (Å²) in [5, 5.41) is 0.815. The molecule has 0 saturated carbocycles. The van der Waals surface area contributed by atoms with Crippen LogP contribution in [0.1, 0.15) is 6.92 Å². The predicted molar refractivity (Wildman–Crippen MR) is 72.5 cm³/mol. The fraction of sp³-hybridized carbons (Fsp3) is 0.250. The highest BCUT2D eigenvalue weighted by Crippen LogP contribution is 2.27. The van der Waals surface area contributed by atoms with E-state index >= 15 is 0 Å². The van der Waals surface area contributed by atoms with Crippen LogP contribution in [-0.2, 0) is 9.53 Å². The molecule has 0 bridgehead atoms. The largest absolute Gasteiger partial charge is 0.480 e. The van der Waals surface area contributed by atoms with Crippen molar-refractivity contribution in [2.45, 2.75) is 12.5 Å². The van der Waals surface area contributed by atoms with E-state index in [2.05, 4.69) is 0 Å². The molecule has 1 aromatic carbocycles. The number of esters is 1. The monoisotopic (exact) mass is 308 g/mol. The zero-order valence-corrected chi connectivity index (χ0v) is 11.8. The van der Waals surface area contributed by atoms with Crippen LogP contribution in [0.3, 0.4) is 0 Å². The molecule has 0 aliphatic carbocycles. The number of allylic oxidation sites excluding steroid dienone is 1. The predicted octanol–water partition coefficient (Wildman–Crippen LogP) is 4.06. The zero-order chi connectivity index (χ0) is 13.5. The van der Waals surface area contributed by atoms with Gasteiger partial charge in [-0.15, -0.1) is 0 Å². The lowest BCUT2D eigenvalue weighted by Gasteiger charge is -2.09. The Morgan fingerprint density at radius 2 is 2.17 bits per heavy atom. The SMILES string of the molecule is C/C=C/C(Cl)OC(=O)COc1ccc(Cl)cc1Cl. The van der Waals surface area contributed by atoms with Gasteiger partial charge >= 0.3 is 5.97 Å². The molecule has 1 aromatic rings. The number of rotatable bonds is 5. The summed E-state index contributed by atoms with van der Waals surface area (Å²) in [7, 11) is 0. The first-order valence-electron chi connectivity index (χ1n) is 5.07. The Morgan fingerprint density at radius 3 is 2.78 bits per heavy atom. The average Bonchev–Trinajstić information content (AvgIpc) is 2.28. The van der Waals surface area contributed by atoms with Gasteiger partial charge in [-0.05, 0) is 31.2 Å². The zero-order valence-electron chi connectivity index (χ0n) is 9.53. The minimum absolute atomic E-state index is 0.276. The van der Waals surface area contributed by atoms with Crippen LogP contribution < -0.4 is 4.74 Å². The van der Waals surface area contributed by atoms with Gasteiger partial charge in [-0.1, -0.05) is 40.9 Å². The highest BCUT2D eigenvalue weighted by Gasteiger charge is 2.10. The normalized spacial score (nSPS) is 12.4. The summed E-state index contributed by atoms with van der Waals surface area (Å²) in [5.74, 6) is -0.228. The minimum Gasteiger partial charge on any atom is -0.480 e. The fourth-order valence-electron chi connectivity index (χ4n) is 1.08. The highest BCUT2D eigenvalue weighted by molar-refractivity contribution is 6.35. The van der Waals surface area contributed by atoms with Crippen LogP contribution in [0.5, 0.6) is 5.75 Å². The Bertz CT molecular complexity index is 446. The van der Waals surface area contributed by atoms with Gasteiger partial charge in [-0.3, -0.25) is 0 Å². The van der Waals surface area contributed by atoms with E-state index < -0.39 is 11.5 Å². The molecule has 0 heterocycles. The standard InChI is InChI=1S/C12H11Cl3O3/c1-2-3-11(15)18-12(16)7-17-10-5-4-8(13)6-9(10)14/h2-6,11H,7H2,1H3/b3-2+. The lowest BCUT2D eigenvalue weighted by atomic mass is 10.3. The van der Waals surface area contributed by atoms with Crippen LogP contribution >= 0.6 is 34.8 Å². The first-order valence-corrected chi connectivity index (χ1v) is 6.26. The molecule has 0 aliphatic rings. The summed E-state index contributed by atoms with van der Waals surface area (Å²) >= 11 is 17.3. The van der Waals surface area contributed by atoms with Gasteiger partial charge in [0.15, 0.2) is 12.2 Å². The maximum Gasteiger partial charge on any atom is 0.345 e. The van der Waals surface area contributed by atoms with E-state index in [1.807, 2.05) is 0 Å². The summed E-state index contributed by atoms with van der Waals surface area (Å²) in [6, 6.07) is 4.70. The highest BCUT2D eigenvalue weighted by atomic mass is 35.5. The second-order valence-electron chi connectivity index (χ2n) is 3.23. The molecule has 0 N–H and O–H groups in total. The second kappa shape index (κ2) is 7.52. The summed E-state index contributed by atoms with van der Waals surface area (Å²) in [4.78, 5) is 11.3. The van der Waals surface area contributed by atoms with E-state index in [1.54, 1.807) is 25.1 Å². The van der Waals surface area contributed by atoms with Crippen LogP contribution in [0.2, 0.25) is 10.0 Å². The minimum atomic E-state index is -0.799. The van der Waals surface area contributed by atoms with Gasteiger partial charge < -0.3 is 9.47 Å². The fourth-order valence-corrected chi connectivity index (χ4v) is 1.79. The number of carbonyl (C=O) groups excluding carboxylic acids is 1. The molecule has 3 nitrogen and oxygen atoms in total.